The summed E-state index contributed by atoms with van der Waals surface area (Å²) in [5.74, 6) is -2.00. The number of rotatable bonds is 6. The van der Waals surface area contributed by atoms with E-state index in [0.29, 0.717) is 11.3 Å². The first-order valence-electron chi connectivity index (χ1n) is 8.28. The molecule has 2 heterocycles. The predicted molar refractivity (Wildman–Crippen MR) is 96.5 cm³/mol. The number of aromatic hydroxyl groups is 1. The van der Waals surface area contributed by atoms with Crippen LogP contribution in [0, 0.1) is 0 Å². The number of nitrogens with zero attached hydrogens (tertiary/aromatic N) is 2. The molecular formula is C18H17N5O5. The second-order valence-electron chi connectivity index (χ2n) is 5.66. The first kappa shape index (κ1) is 18.7. The molecule has 0 saturated carbocycles. The summed E-state index contributed by atoms with van der Waals surface area (Å²) in [5.41, 5.74) is 5.13. The van der Waals surface area contributed by atoms with Gasteiger partial charge >= 0.3 is 0 Å². The van der Waals surface area contributed by atoms with Crippen LogP contribution in [0.25, 0.3) is 5.69 Å². The molecule has 144 valence electrons. The minimum atomic E-state index is -0.775. The molecule has 0 bridgehead atoms. The number of carbonyl (C=O) groups is 3. The Kier molecular flexibility index (Phi) is 5.70. The maximum absolute atomic E-state index is 12.1. The van der Waals surface area contributed by atoms with E-state index in [4.69, 9.17) is 4.42 Å². The van der Waals surface area contributed by atoms with Crippen molar-refractivity contribution < 1.29 is 23.9 Å². The van der Waals surface area contributed by atoms with Gasteiger partial charge in [0.05, 0.1) is 23.7 Å². The standard InChI is InChI=1S/C18H17N5O5/c24-14-10-23(13-4-2-1-3-5-13)22-16(14)18(27)21-20-15(25)6-8-19-17(26)12-7-9-28-11-12/h1-5,7,9-11,24H,6,8H2,(H,19,26)(H,20,25)(H,21,27). The van der Waals surface area contributed by atoms with E-state index in [9.17, 15) is 19.5 Å². The van der Waals surface area contributed by atoms with Crippen molar-refractivity contribution in [1.82, 2.24) is 25.9 Å². The van der Waals surface area contributed by atoms with Crippen LogP contribution in [0.5, 0.6) is 5.75 Å². The summed E-state index contributed by atoms with van der Waals surface area (Å²) in [7, 11) is 0. The summed E-state index contributed by atoms with van der Waals surface area (Å²) in [4.78, 5) is 35.6. The normalized spacial score (nSPS) is 10.3. The van der Waals surface area contributed by atoms with Gasteiger partial charge < -0.3 is 14.8 Å². The van der Waals surface area contributed by atoms with Crippen LogP contribution in [0.3, 0.4) is 0 Å². The average molecular weight is 383 g/mol. The van der Waals surface area contributed by atoms with Gasteiger partial charge in [0.1, 0.15) is 6.26 Å². The van der Waals surface area contributed by atoms with Crippen molar-refractivity contribution in [3.05, 3.63) is 66.4 Å². The molecule has 0 unspecified atom stereocenters. The molecule has 10 heteroatoms. The smallest absolute Gasteiger partial charge is 0.294 e. The van der Waals surface area contributed by atoms with Gasteiger partial charge in [0, 0.05) is 13.0 Å². The van der Waals surface area contributed by atoms with Crippen LogP contribution in [-0.4, -0.2) is 39.2 Å². The Balaban J connectivity index is 1.47. The lowest BCUT2D eigenvalue weighted by Crippen LogP contribution is -2.43. The number of aromatic nitrogens is 2. The molecule has 3 amide bonds. The zero-order valence-electron chi connectivity index (χ0n) is 14.6. The Hall–Kier alpha value is -4.08. The molecule has 0 saturated heterocycles. The zero-order chi connectivity index (χ0) is 19.9. The number of hydrogen-bond acceptors (Lipinski definition) is 6. The largest absolute Gasteiger partial charge is 0.504 e. The third kappa shape index (κ3) is 4.55. The lowest BCUT2D eigenvalue weighted by molar-refractivity contribution is -0.121. The van der Waals surface area contributed by atoms with Crippen LogP contribution in [-0.2, 0) is 4.79 Å². The number of hydrazine groups is 1. The third-order valence-electron chi connectivity index (χ3n) is 3.67. The van der Waals surface area contributed by atoms with Crippen molar-refractivity contribution in [2.45, 2.75) is 6.42 Å². The molecule has 0 atom stereocenters. The predicted octanol–water partition coefficient (Wildman–Crippen LogP) is 0.752. The summed E-state index contributed by atoms with van der Waals surface area (Å²) in [6, 6.07) is 10.4. The highest BCUT2D eigenvalue weighted by Gasteiger charge is 2.17. The molecule has 3 rings (SSSR count). The number of para-hydroxylation sites is 1. The monoisotopic (exact) mass is 383 g/mol. The molecule has 0 fully saturated rings. The fourth-order valence-electron chi connectivity index (χ4n) is 2.27. The van der Waals surface area contributed by atoms with Crippen LogP contribution in [0.1, 0.15) is 27.3 Å². The van der Waals surface area contributed by atoms with Gasteiger partial charge in [-0.15, -0.1) is 0 Å². The van der Waals surface area contributed by atoms with Crippen molar-refractivity contribution in [2.75, 3.05) is 6.54 Å². The summed E-state index contributed by atoms with van der Waals surface area (Å²) in [6.45, 7) is 0.0690. The van der Waals surface area contributed by atoms with Crippen LogP contribution >= 0.6 is 0 Å². The molecule has 3 aromatic rings. The van der Waals surface area contributed by atoms with E-state index in [1.54, 1.807) is 24.3 Å². The Bertz CT molecular complexity index is 966. The summed E-state index contributed by atoms with van der Waals surface area (Å²) < 4.78 is 6.14. The first-order chi connectivity index (χ1) is 13.5. The lowest BCUT2D eigenvalue weighted by atomic mass is 10.3. The van der Waals surface area contributed by atoms with E-state index < -0.39 is 11.8 Å². The fourth-order valence-corrected chi connectivity index (χ4v) is 2.27. The molecule has 2 aromatic heterocycles. The summed E-state index contributed by atoms with van der Waals surface area (Å²) in [5, 5.41) is 16.5. The second kappa shape index (κ2) is 8.54. The second-order valence-corrected chi connectivity index (χ2v) is 5.66. The van der Waals surface area contributed by atoms with E-state index >= 15 is 0 Å². The first-order valence-corrected chi connectivity index (χ1v) is 8.28. The van der Waals surface area contributed by atoms with E-state index in [1.165, 1.54) is 29.5 Å². The van der Waals surface area contributed by atoms with Gasteiger partial charge in [0.2, 0.25) is 5.91 Å². The number of nitrogens with one attached hydrogen (secondary N) is 3. The van der Waals surface area contributed by atoms with Crippen molar-refractivity contribution in [3.63, 3.8) is 0 Å². The van der Waals surface area contributed by atoms with Crippen LogP contribution in [0.2, 0.25) is 0 Å². The lowest BCUT2D eigenvalue weighted by Gasteiger charge is -2.07. The molecule has 1 aromatic carbocycles. The molecular weight excluding hydrogens is 366 g/mol. The van der Waals surface area contributed by atoms with Crippen molar-refractivity contribution in [1.29, 1.82) is 0 Å². The molecule has 10 nitrogen and oxygen atoms in total. The van der Waals surface area contributed by atoms with Gasteiger partial charge in [-0.3, -0.25) is 25.2 Å². The molecule has 28 heavy (non-hydrogen) atoms. The van der Waals surface area contributed by atoms with Gasteiger partial charge in [0.25, 0.3) is 11.8 Å². The van der Waals surface area contributed by atoms with E-state index in [1.807, 2.05) is 6.07 Å². The number of hydrogen-bond donors (Lipinski definition) is 4. The van der Waals surface area contributed by atoms with Gasteiger partial charge in [-0.2, -0.15) is 5.10 Å². The summed E-state index contributed by atoms with van der Waals surface area (Å²) >= 11 is 0. The van der Waals surface area contributed by atoms with E-state index in [2.05, 4.69) is 21.3 Å². The number of furan rings is 1. The van der Waals surface area contributed by atoms with Crippen molar-refractivity contribution in [3.8, 4) is 11.4 Å². The molecule has 0 aliphatic heterocycles. The maximum Gasteiger partial charge on any atom is 0.294 e. The van der Waals surface area contributed by atoms with Gasteiger partial charge in [-0.1, -0.05) is 18.2 Å². The number of amides is 3. The van der Waals surface area contributed by atoms with Gasteiger partial charge in [0.15, 0.2) is 11.4 Å². The fraction of sp³-hybridized carbons (Fsp3) is 0.111. The Labute approximate surface area is 159 Å². The van der Waals surface area contributed by atoms with Crippen molar-refractivity contribution in [2.24, 2.45) is 0 Å². The highest BCUT2D eigenvalue weighted by molar-refractivity contribution is 5.96. The summed E-state index contributed by atoms with van der Waals surface area (Å²) in [6.07, 6.45) is 3.88. The van der Waals surface area contributed by atoms with Gasteiger partial charge in [-0.05, 0) is 18.2 Å². The zero-order valence-corrected chi connectivity index (χ0v) is 14.6. The van der Waals surface area contributed by atoms with E-state index in [0.717, 1.165) is 0 Å². The topological polar surface area (TPSA) is 138 Å². The Morgan fingerprint density at radius 3 is 2.57 bits per heavy atom. The minimum Gasteiger partial charge on any atom is -0.504 e. The van der Waals surface area contributed by atoms with Crippen LogP contribution in [0.4, 0.5) is 0 Å². The third-order valence-corrected chi connectivity index (χ3v) is 3.67. The van der Waals surface area contributed by atoms with Crippen LogP contribution in [0.15, 0.2) is 59.5 Å². The minimum absolute atomic E-state index is 0.0612. The number of carbonyl (C=O) groups excluding carboxylic acids is 3. The van der Waals surface area contributed by atoms with E-state index in [-0.39, 0.29) is 30.3 Å². The molecule has 4 N–H and O–H groups in total. The number of benzene rings is 1. The SMILES string of the molecule is O=C(CCNC(=O)c1ccoc1)NNC(=O)c1nn(-c2ccccc2)cc1O. The van der Waals surface area contributed by atoms with Crippen LogP contribution < -0.4 is 16.2 Å². The Morgan fingerprint density at radius 1 is 1.07 bits per heavy atom. The molecule has 0 aliphatic rings. The molecule has 0 aliphatic carbocycles. The highest BCUT2D eigenvalue weighted by Crippen LogP contribution is 2.17. The average Bonchev–Trinajstić information content (AvgIpc) is 3.37. The molecule has 0 spiro atoms. The Morgan fingerprint density at radius 2 is 1.86 bits per heavy atom. The van der Waals surface area contributed by atoms with Gasteiger partial charge in [-0.25, -0.2) is 4.68 Å². The quantitative estimate of drug-likeness (QED) is 0.464. The highest BCUT2D eigenvalue weighted by atomic mass is 16.3. The van der Waals surface area contributed by atoms with Crippen molar-refractivity contribution >= 4 is 17.7 Å². The molecule has 0 radical (unpaired) electrons. The maximum atomic E-state index is 12.1.